The normalized spacial score (nSPS) is 21.6. The Morgan fingerprint density at radius 3 is 2.47 bits per heavy atom. The topological polar surface area (TPSA) is 41.5 Å². The van der Waals surface area contributed by atoms with Crippen LogP contribution in [0.15, 0.2) is 75.4 Å². The van der Waals surface area contributed by atoms with E-state index in [2.05, 4.69) is 31.3 Å². The number of nitrogens with zero attached hydrogens (tertiary/aromatic N) is 1. The number of aliphatic imine (C=N–C) groups is 1. The van der Waals surface area contributed by atoms with Crippen LogP contribution in [0.2, 0.25) is 10.0 Å². The molecule has 5 rings (SSSR count). The number of halogens is 2. The van der Waals surface area contributed by atoms with E-state index in [4.69, 9.17) is 28.2 Å². The molecule has 0 saturated heterocycles. The van der Waals surface area contributed by atoms with Gasteiger partial charge in [0.25, 0.3) is 5.91 Å². The second-order valence-electron chi connectivity index (χ2n) is 9.25. The minimum atomic E-state index is -0.0357. The Bertz CT molecular complexity index is 1280. The first-order valence-electron chi connectivity index (χ1n) is 11.7. The van der Waals surface area contributed by atoms with E-state index < -0.39 is 0 Å². The van der Waals surface area contributed by atoms with Crippen LogP contribution in [0.3, 0.4) is 0 Å². The standard InChI is InChI=1S/C28H26Cl2N2OS/c1-16-6-5-7-17(2)26(16)32-28(33)19-11-13-25-23(15-19)31-27(18-10-12-21(29)22(30)14-18)20-8-3-4-9-24(20)34-25/h3-4,8-17,26H,5-7H2,1-2H3,(H,32,33)/t16-,17+,26?. The zero-order chi connectivity index (χ0) is 23.8. The molecule has 1 aliphatic heterocycles. The van der Waals surface area contributed by atoms with Gasteiger partial charge in [0, 0.05) is 32.5 Å². The SMILES string of the molecule is C[C@@H]1CCC[C@H](C)C1NC(=O)c1ccc2c(c1)N=C(c1ccc(Cl)c(Cl)c1)c1ccccc1S2. The van der Waals surface area contributed by atoms with Gasteiger partial charge in [-0.05, 0) is 61.1 Å². The van der Waals surface area contributed by atoms with Gasteiger partial charge in [0.05, 0.1) is 21.4 Å². The van der Waals surface area contributed by atoms with Crippen molar-refractivity contribution in [1.82, 2.24) is 5.32 Å². The van der Waals surface area contributed by atoms with E-state index in [1.165, 1.54) is 6.42 Å². The van der Waals surface area contributed by atoms with Crippen LogP contribution in [0, 0.1) is 11.8 Å². The molecule has 6 heteroatoms. The highest BCUT2D eigenvalue weighted by atomic mass is 35.5. The van der Waals surface area contributed by atoms with Gasteiger partial charge in [0.1, 0.15) is 0 Å². The summed E-state index contributed by atoms with van der Waals surface area (Å²) in [6.07, 6.45) is 3.55. The molecular weight excluding hydrogens is 483 g/mol. The maximum Gasteiger partial charge on any atom is 0.251 e. The molecule has 1 N–H and O–H groups in total. The summed E-state index contributed by atoms with van der Waals surface area (Å²) in [7, 11) is 0. The number of amides is 1. The number of carbonyl (C=O) groups excluding carboxylic acids is 1. The van der Waals surface area contributed by atoms with Crippen LogP contribution in [0.1, 0.15) is 54.6 Å². The van der Waals surface area contributed by atoms with Crippen LogP contribution < -0.4 is 5.32 Å². The van der Waals surface area contributed by atoms with Crippen LogP contribution in [0.4, 0.5) is 5.69 Å². The van der Waals surface area contributed by atoms with Gasteiger partial charge >= 0.3 is 0 Å². The third-order valence-corrected chi connectivity index (χ3v) is 8.73. The lowest BCUT2D eigenvalue weighted by Crippen LogP contribution is -2.45. The van der Waals surface area contributed by atoms with Gasteiger partial charge in [-0.2, -0.15) is 0 Å². The Hall–Kier alpha value is -2.27. The van der Waals surface area contributed by atoms with Gasteiger partial charge in [0.2, 0.25) is 0 Å². The van der Waals surface area contributed by atoms with E-state index >= 15 is 0 Å². The molecule has 2 aliphatic rings. The minimum absolute atomic E-state index is 0.0357. The van der Waals surface area contributed by atoms with Crippen molar-refractivity contribution in [2.24, 2.45) is 16.8 Å². The molecule has 0 radical (unpaired) electrons. The highest BCUT2D eigenvalue weighted by Crippen LogP contribution is 2.42. The average molecular weight is 510 g/mol. The third-order valence-electron chi connectivity index (χ3n) is 6.85. The van der Waals surface area contributed by atoms with Gasteiger partial charge in [-0.15, -0.1) is 0 Å². The maximum atomic E-state index is 13.2. The van der Waals surface area contributed by atoms with Crippen molar-refractivity contribution in [1.29, 1.82) is 0 Å². The molecule has 0 spiro atoms. The minimum Gasteiger partial charge on any atom is -0.349 e. The van der Waals surface area contributed by atoms with Crippen LogP contribution in [0.25, 0.3) is 0 Å². The molecule has 1 aliphatic carbocycles. The molecule has 1 fully saturated rings. The van der Waals surface area contributed by atoms with Crippen molar-refractivity contribution in [2.45, 2.75) is 48.9 Å². The fourth-order valence-electron chi connectivity index (χ4n) is 4.95. The van der Waals surface area contributed by atoms with Crippen LogP contribution in [0.5, 0.6) is 0 Å². The average Bonchev–Trinajstić information content (AvgIpc) is 2.99. The highest BCUT2D eigenvalue weighted by molar-refractivity contribution is 7.99. The Kier molecular flexibility index (Phi) is 6.74. The van der Waals surface area contributed by atoms with Gasteiger partial charge in [-0.1, -0.05) is 79.5 Å². The lowest BCUT2D eigenvalue weighted by Gasteiger charge is -2.35. The summed E-state index contributed by atoms with van der Waals surface area (Å²) in [5.41, 5.74) is 4.13. The van der Waals surface area contributed by atoms with Crippen molar-refractivity contribution in [3.63, 3.8) is 0 Å². The van der Waals surface area contributed by atoms with E-state index in [1.807, 2.05) is 42.5 Å². The van der Waals surface area contributed by atoms with Crippen molar-refractivity contribution >= 4 is 52.3 Å². The molecule has 1 heterocycles. The summed E-state index contributed by atoms with van der Waals surface area (Å²) in [6.45, 7) is 4.47. The third kappa shape index (κ3) is 4.64. The predicted molar refractivity (Wildman–Crippen MR) is 142 cm³/mol. The van der Waals surface area contributed by atoms with Gasteiger partial charge in [-0.3, -0.25) is 4.79 Å². The maximum absolute atomic E-state index is 13.2. The lowest BCUT2D eigenvalue weighted by molar-refractivity contribution is 0.0880. The number of benzene rings is 3. The van der Waals surface area contributed by atoms with Crippen LogP contribution in [-0.4, -0.2) is 17.7 Å². The van der Waals surface area contributed by atoms with Gasteiger partial charge < -0.3 is 5.32 Å². The van der Waals surface area contributed by atoms with Crippen molar-refractivity contribution in [3.8, 4) is 0 Å². The molecular formula is C28H26Cl2N2OS. The molecule has 1 saturated carbocycles. The largest absolute Gasteiger partial charge is 0.349 e. The Morgan fingerprint density at radius 2 is 1.71 bits per heavy atom. The van der Waals surface area contributed by atoms with E-state index in [9.17, 15) is 4.79 Å². The van der Waals surface area contributed by atoms with E-state index in [1.54, 1.807) is 17.8 Å². The van der Waals surface area contributed by atoms with Gasteiger partial charge in [-0.25, -0.2) is 4.99 Å². The zero-order valence-corrected chi connectivity index (χ0v) is 21.5. The quantitative estimate of drug-likeness (QED) is 0.303. The van der Waals surface area contributed by atoms with Crippen molar-refractivity contribution < 1.29 is 4.79 Å². The highest BCUT2D eigenvalue weighted by Gasteiger charge is 2.29. The molecule has 3 atom stereocenters. The molecule has 1 amide bonds. The summed E-state index contributed by atoms with van der Waals surface area (Å²) in [5.74, 6) is 0.933. The number of carbonyl (C=O) groups is 1. The Balaban J connectivity index is 1.54. The van der Waals surface area contributed by atoms with Gasteiger partial charge in [0.15, 0.2) is 0 Å². The summed E-state index contributed by atoms with van der Waals surface area (Å²) in [6, 6.07) is 19.8. The first-order valence-corrected chi connectivity index (χ1v) is 13.2. The molecule has 0 aromatic heterocycles. The molecule has 3 aromatic rings. The molecule has 174 valence electrons. The molecule has 0 bridgehead atoms. The summed E-state index contributed by atoms with van der Waals surface area (Å²) >= 11 is 14.2. The molecule has 3 aromatic carbocycles. The number of nitrogens with one attached hydrogen (secondary N) is 1. The monoisotopic (exact) mass is 508 g/mol. The first-order chi connectivity index (χ1) is 16.4. The second-order valence-corrected chi connectivity index (χ2v) is 11.2. The summed E-state index contributed by atoms with van der Waals surface area (Å²) in [5, 5.41) is 4.30. The van der Waals surface area contributed by atoms with E-state index in [0.29, 0.717) is 27.4 Å². The first kappa shape index (κ1) is 23.5. The van der Waals surface area contributed by atoms with Crippen molar-refractivity contribution in [2.75, 3.05) is 0 Å². The Labute approximate surface area is 215 Å². The number of hydrogen-bond donors (Lipinski definition) is 1. The number of hydrogen-bond acceptors (Lipinski definition) is 3. The predicted octanol–water partition coefficient (Wildman–Crippen LogP) is 8.18. The number of rotatable bonds is 3. The van der Waals surface area contributed by atoms with E-state index in [0.717, 1.165) is 45.2 Å². The summed E-state index contributed by atoms with van der Waals surface area (Å²) < 4.78 is 0. The number of fused-ring (bicyclic) bond motifs is 2. The fourth-order valence-corrected chi connectivity index (χ4v) is 6.25. The molecule has 34 heavy (non-hydrogen) atoms. The summed E-state index contributed by atoms with van der Waals surface area (Å²) in [4.78, 5) is 20.4. The molecule has 1 unspecified atom stereocenters. The van der Waals surface area contributed by atoms with Crippen molar-refractivity contribution in [3.05, 3.63) is 87.4 Å². The molecule has 3 nitrogen and oxygen atoms in total. The fraction of sp³-hybridized carbons (Fsp3) is 0.286. The lowest BCUT2D eigenvalue weighted by atomic mass is 9.78. The van der Waals surface area contributed by atoms with Crippen LogP contribution in [-0.2, 0) is 0 Å². The smallest absolute Gasteiger partial charge is 0.251 e. The second kappa shape index (κ2) is 9.77. The Morgan fingerprint density at radius 1 is 0.941 bits per heavy atom. The van der Waals surface area contributed by atoms with E-state index in [-0.39, 0.29) is 11.9 Å². The zero-order valence-electron chi connectivity index (χ0n) is 19.1. The van der Waals surface area contributed by atoms with Crippen LogP contribution >= 0.6 is 35.0 Å².